The van der Waals surface area contributed by atoms with Gasteiger partial charge in [-0.1, -0.05) is 0 Å². The van der Waals surface area contributed by atoms with Crippen LogP contribution in [-0.4, -0.2) is 24.4 Å². The molecule has 0 bridgehead atoms. The fraction of sp³-hybridized carbons (Fsp3) is 0.455. The van der Waals surface area contributed by atoms with Crippen molar-refractivity contribution in [3.63, 3.8) is 0 Å². The van der Waals surface area contributed by atoms with Crippen LogP contribution >= 0.6 is 0 Å². The lowest BCUT2D eigenvalue weighted by Crippen LogP contribution is -2.23. The standard InChI is InChI=1S/C11H11FN2O/c12-10-2-13-3-11(9(10)6-15)14-4-7-1-8(7)5-14/h2-3,6-8H,1,4-5H2. The van der Waals surface area contributed by atoms with Gasteiger partial charge in [-0.25, -0.2) is 4.39 Å². The number of piperidine rings is 1. The number of hydrogen-bond acceptors (Lipinski definition) is 3. The molecular weight excluding hydrogens is 195 g/mol. The predicted molar refractivity (Wildman–Crippen MR) is 53.4 cm³/mol. The number of anilines is 1. The van der Waals surface area contributed by atoms with Crippen molar-refractivity contribution in [2.45, 2.75) is 6.42 Å². The number of nitrogens with zero attached hydrogens (tertiary/aromatic N) is 2. The summed E-state index contributed by atoms with van der Waals surface area (Å²) in [6.07, 6.45) is 4.54. The van der Waals surface area contributed by atoms with Crippen molar-refractivity contribution in [2.24, 2.45) is 11.8 Å². The normalized spacial score (nSPS) is 27.7. The number of carbonyl (C=O) groups excluding carboxylic acids is 1. The maximum Gasteiger partial charge on any atom is 0.155 e. The molecule has 3 nitrogen and oxygen atoms in total. The van der Waals surface area contributed by atoms with E-state index in [1.54, 1.807) is 6.20 Å². The van der Waals surface area contributed by atoms with E-state index in [9.17, 15) is 9.18 Å². The van der Waals surface area contributed by atoms with Crippen molar-refractivity contribution in [1.29, 1.82) is 0 Å². The van der Waals surface area contributed by atoms with Crippen LogP contribution in [0.5, 0.6) is 0 Å². The lowest BCUT2D eigenvalue weighted by atomic mass is 10.2. The summed E-state index contributed by atoms with van der Waals surface area (Å²) in [5.74, 6) is 0.989. The maximum absolute atomic E-state index is 13.3. The predicted octanol–water partition coefficient (Wildman–Crippen LogP) is 1.49. The van der Waals surface area contributed by atoms with Crippen LogP contribution < -0.4 is 4.90 Å². The van der Waals surface area contributed by atoms with Gasteiger partial charge >= 0.3 is 0 Å². The Morgan fingerprint density at radius 1 is 1.40 bits per heavy atom. The largest absolute Gasteiger partial charge is 0.369 e. The average molecular weight is 206 g/mol. The Bertz CT molecular complexity index is 411. The molecule has 1 saturated heterocycles. The van der Waals surface area contributed by atoms with E-state index in [1.165, 1.54) is 6.42 Å². The molecule has 3 rings (SSSR count). The van der Waals surface area contributed by atoms with E-state index in [-0.39, 0.29) is 5.56 Å². The Labute approximate surface area is 86.9 Å². The second-order valence-corrected chi connectivity index (χ2v) is 4.33. The summed E-state index contributed by atoms with van der Waals surface area (Å²) in [7, 11) is 0. The number of aldehydes is 1. The van der Waals surface area contributed by atoms with Crippen LogP contribution in [0.3, 0.4) is 0 Å². The first kappa shape index (κ1) is 8.83. The zero-order valence-corrected chi connectivity index (χ0v) is 8.19. The van der Waals surface area contributed by atoms with Crippen molar-refractivity contribution < 1.29 is 9.18 Å². The maximum atomic E-state index is 13.3. The smallest absolute Gasteiger partial charge is 0.155 e. The molecule has 2 fully saturated rings. The van der Waals surface area contributed by atoms with E-state index in [0.717, 1.165) is 31.1 Å². The number of aromatic nitrogens is 1. The fourth-order valence-corrected chi connectivity index (χ4v) is 2.40. The molecule has 1 aromatic rings. The third-order valence-electron chi connectivity index (χ3n) is 3.36. The van der Waals surface area contributed by atoms with E-state index >= 15 is 0 Å². The van der Waals surface area contributed by atoms with Gasteiger partial charge in [-0.15, -0.1) is 0 Å². The number of fused-ring (bicyclic) bond motifs is 1. The minimum Gasteiger partial charge on any atom is -0.369 e. The monoisotopic (exact) mass is 206 g/mol. The van der Waals surface area contributed by atoms with Crippen molar-refractivity contribution in [3.05, 3.63) is 23.8 Å². The highest BCUT2D eigenvalue weighted by Crippen LogP contribution is 2.46. The summed E-state index contributed by atoms with van der Waals surface area (Å²) in [4.78, 5) is 16.7. The molecule has 1 aromatic heterocycles. The number of carbonyl (C=O) groups is 1. The molecular formula is C11H11FN2O. The molecule has 78 valence electrons. The third-order valence-corrected chi connectivity index (χ3v) is 3.36. The van der Waals surface area contributed by atoms with E-state index in [2.05, 4.69) is 9.88 Å². The minimum absolute atomic E-state index is 0.145. The zero-order valence-electron chi connectivity index (χ0n) is 8.19. The van der Waals surface area contributed by atoms with E-state index in [1.807, 2.05) is 0 Å². The molecule has 0 amide bonds. The van der Waals surface area contributed by atoms with Gasteiger partial charge in [-0.3, -0.25) is 9.78 Å². The van der Waals surface area contributed by atoms with Crippen LogP contribution in [-0.2, 0) is 0 Å². The molecule has 15 heavy (non-hydrogen) atoms. The molecule has 0 radical (unpaired) electrons. The van der Waals surface area contributed by atoms with Gasteiger partial charge in [-0.05, 0) is 18.3 Å². The molecule has 2 atom stereocenters. The Balaban J connectivity index is 1.96. The molecule has 0 spiro atoms. The number of pyridine rings is 1. The van der Waals surface area contributed by atoms with Crippen LogP contribution in [0, 0.1) is 17.7 Å². The van der Waals surface area contributed by atoms with Gasteiger partial charge in [0.15, 0.2) is 12.1 Å². The number of hydrogen-bond donors (Lipinski definition) is 0. The average Bonchev–Trinajstić information content (AvgIpc) is 2.85. The van der Waals surface area contributed by atoms with Crippen molar-refractivity contribution in [2.75, 3.05) is 18.0 Å². The first-order chi connectivity index (χ1) is 7.29. The second-order valence-electron chi connectivity index (χ2n) is 4.33. The lowest BCUT2D eigenvalue weighted by Gasteiger charge is -2.21. The summed E-state index contributed by atoms with van der Waals surface area (Å²) < 4.78 is 13.3. The van der Waals surface area contributed by atoms with Gasteiger partial charge in [0.2, 0.25) is 0 Å². The fourth-order valence-electron chi connectivity index (χ4n) is 2.40. The summed E-state index contributed by atoms with van der Waals surface area (Å²) in [6.45, 7) is 1.88. The van der Waals surface area contributed by atoms with Gasteiger partial charge in [0.25, 0.3) is 0 Å². The van der Waals surface area contributed by atoms with Gasteiger partial charge < -0.3 is 4.90 Å². The van der Waals surface area contributed by atoms with E-state index in [4.69, 9.17) is 0 Å². The second kappa shape index (κ2) is 3.02. The van der Waals surface area contributed by atoms with E-state index in [0.29, 0.717) is 12.0 Å². The third kappa shape index (κ3) is 1.32. The van der Waals surface area contributed by atoms with Crippen LogP contribution in [0.4, 0.5) is 10.1 Å². The highest BCUT2D eigenvalue weighted by molar-refractivity contribution is 5.84. The van der Waals surface area contributed by atoms with Gasteiger partial charge in [0.05, 0.1) is 23.6 Å². The van der Waals surface area contributed by atoms with E-state index < -0.39 is 5.82 Å². The van der Waals surface area contributed by atoms with Gasteiger partial charge in [-0.2, -0.15) is 0 Å². The molecule has 2 unspecified atom stereocenters. The first-order valence-corrected chi connectivity index (χ1v) is 5.13. The number of halogens is 1. The Morgan fingerprint density at radius 2 is 2.13 bits per heavy atom. The molecule has 1 saturated carbocycles. The van der Waals surface area contributed by atoms with Gasteiger partial charge in [0.1, 0.15) is 0 Å². The SMILES string of the molecule is O=Cc1c(F)cncc1N1CC2CC2C1. The van der Waals surface area contributed by atoms with Crippen molar-refractivity contribution in [1.82, 2.24) is 4.98 Å². The lowest BCUT2D eigenvalue weighted by molar-refractivity contribution is 0.112. The summed E-state index contributed by atoms with van der Waals surface area (Å²) in [5.41, 5.74) is 0.795. The molecule has 1 aliphatic heterocycles. The van der Waals surface area contributed by atoms with Gasteiger partial charge in [0, 0.05) is 13.1 Å². The van der Waals surface area contributed by atoms with Crippen LogP contribution in [0.1, 0.15) is 16.8 Å². The first-order valence-electron chi connectivity index (χ1n) is 5.13. The molecule has 1 aliphatic carbocycles. The molecule has 2 aliphatic rings. The van der Waals surface area contributed by atoms with Crippen LogP contribution in [0.15, 0.2) is 12.4 Å². The topological polar surface area (TPSA) is 33.2 Å². The van der Waals surface area contributed by atoms with Crippen LogP contribution in [0.2, 0.25) is 0 Å². The molecule has 2 heterocycles. The van der Waals surface area contributed by atoms with Crippen LogP contribution in [0.25, 0.3) is 0 Å². The van der Waals surface area contributed by atoms with Crippen molar-refractivity contribution >= 4 is 12.0 Å². The zero-order chi connectivity index (χ0) is 10.4. The summed E-state index contributed by atoms with van der Waals surface area (Å²) in [6, 6.07) is 0. The highest BCUT2D eigenvalue weighted by atomic mass is 19.1. The quantitative estimate of drug-likeness (QED) is 0.687. The summed E-state index contributed by atoms with van der Waals surface area (Å²) >= 11 is 0. The highest BCUT2D eigenvalue weighted by Gasteiger charge is 2.45. The molecule has 0 N–H and O–H groups in total. The number of rotatable bonds is 2. The Hall–Kier alpha value is -1.45. The molecule has 0 aromatic carbocycles. The molecule has 4 heteroatoms. The van der Waals surface area contributed by atoms with Crippen molar-refractivity contribution in [3.8, 4) is 0 Å². The Morgan fingerprint density at radius 3 is 2.80 bits per heavy atom. The summed E-state index contributed by atoms with van der Waals surface area (Å²) in [5, 5.41) is 0. The minimum atomic E-state index is -0.525. The Kier molecular flexibility index (Phi) is 1.78.